The van der Waals surface area contributed by atoms with Crippen molar-refractivity contribution in [3.8, 4) is 11.9 Å². The third-order valence-electron chi connectivity index (χ3n) is 9.95. The fraction of sp³-hybridized carbons (Fsp3) is 0.472. The molecule has 2 fully saturated rings. The lowest BCUT2D eigenvalue weighted by Gasteiger charge is -2.38. The summed E-state index contributed by atoms with van der Waals surface area (Å²) in [4.78, 5) is 26.7. The van der Waals surface area contributed by atoms with Gasteiger partial charge in [0.1, 0.15) is 18.2 Å². The van der Waals surface area contributed by atoms with Crippen LogP contribution >= 0.6 is 0 Å². The van der Waals surface area contributed by atoms with Crippen molar-refractivity contribution in [1.29, 1.82) is 5.26 Å². The minimum absolute atomic E-state index is 0.0340. The molecule has 3 aliphatic heterocycles. The van der Waals surface area contributed by atoms with Crippen molar-refractivity contribution < 1.29 is 9.53 Å². The number of likely N-dealkylation sites (tertiary alicyclic amines) is 2. The topological polar surface area (TPSA) is 75.9 Å². The van der Waals surface area contributed by atoms with Crippen LogP contribution in [0, 0.1) is 18.3 Å². The second-order valence-electron chi connectivity index (χ2n) is 12.6. The first-order valence-electron chi connectivity index (χ1n) is 16.1. The molecule has 0 N–H and O–H groups in total. The molecule has 2 atom stereocenters. The number of hydrogen-bond acceptors (Lipinski definition) is 7. The van der Waals surface area contributed by atoms with E-state index in [1.165, 1.54) is 28.1 Å². The minimum Gasteiger partial charge on any atom is -0.475 e. The van der Waals surface area contributed by atoms with Gasteiger partial charge in [0.2, 0.25) is 11.8 Å². The van der Waals surface area contributed by atoms with E-state index in [1.54, 1.807) is 0 Å². The quantitative estimate of drug-likeness (QED) is 0.338. The molecule has 3 aromatic rings. The van der Waals surface area contributed by atoms with Gasteiger partial charge in [-0.3, -0.25) is 4.79 Å². The highest BCUT2D eigenvalue weighted by molar-refractivity contribution is 5.97. The number of pyridine rings is 1. The number of aromatic nitrogens is 1. The molecule has 6 rings (SSSR count). The van der Waals surface area contributed by atoms with E-state index in [9.17, 15) is 10.1 Å². The van der Waals surface area contributed by atoms with E-state index in [0.717, 1.165) is 75.1 Å². The van der Waals surface area contributed by atoms with Crippen LogP contribution in [0.1, 0.15) is 54.5 Å². The molecule has 230 valence electrons. The van der Waals surface area contributed by atoms with Crippen molar-refractivity contribution in [3.05, 3.63) is 71.4 Å². The Morgan fingerprint density at radius 2 is 1.98 bits per heavy atom. The summed E-state index contributed by atoms with van der Waals surface area (Å²) in [5, 5.41) is 13.1. The molecule has 0 spiro atoms. The first-order chi connectivity index (χ1) is 21.4. The van der Waals surface area contributed by atoms with E-state index >= 15 is 0 Å². The molecule has 1 aromatic heterocycles. The number of benzene rings is 2. The predicted molar refractivity (Wildman–Crippen MR) is 176 cm³/mol. The standard InChI is InChI=1S/C36H44N6O2/c1-5-33(43)42-19-7-6-14-27(22-42)40(4)35-29-17-20-41(32-16-9-13-26-12-8-11-25(2)34(26)32)23-31(29)38-36(30(35)21-37)44-24-28-15-10-18-39(28)3/h5,8-9,11-13,16,27-28H,1,6-7,10,14-15,17-20,22-24H2,2-4H3/t27-,28-/m0/s1. The Bertz CT molecular complexity index is 1590. The molecule has 3 aliphatic rings. The normalized spacial score (nSPS) is 20.6. The van der Waals surface area contributed by atoms with Gasteiger partial charge in [0.25, 0.3) is 0 Å². The smallest absolute Gasteiger partial charge is 0.246 e. The summed E-state index contributed by atoms with van der Waals surface area (Å²) < 4.78 is 6.46. The van der Waals surface area contributed by atoms with E-state index in [2.05, 4.69) is 84.8 Å². The second kappa shape index (κ2) is 12.9. The Hall–Kier alpha value is -4.09. The van der Waals surface area contributed by atoms with Crippen molar-refractivity contribution in [3.63, 3.8) is 0 Å². The zero-order valence-corrected chi connectivity index (χ0v) is 26.4. The van der Waals surface area contributed by atoms with Crippen LogP contribution in [0.2, 0.25) is 0 Å². The zero-order valence-electron chi connectivity index (χ0n) is 26.4. The number of rotatable bonds is 7. The molecule has 8 nitrogen and oxygen atoms in total. The monoisotopic (exact) mass is 592 g/mol. The van der Waals surface area contributed by atoms with Crippen LogP contribution in [0.3, 0.4) is 0 Å². The summed E-state index contributed by atoms with van der Waals surface area (Å²) in [5.74, 6) is 0.394. The molecule has 4 heterocycles. The van der Waals surface area contributed by atoms with E-state index in [4.69, 9.17) is 9.72 Å². The van der Waals surface area contributed by atoms with E-state index in [-0.39, 0.29) is 11.9 Å². The number of amides is 1. The van der Waals surface area contributed by atoms with Gasteiger partial charge in [0.15, 0.2) is 0 Å². The molecule has 2 aromatic carbocycles. The fourth-order valence-electron chi connectivity index (χ4n) is 7.42. The highest BCUT2D eigenvalue weighted by atomic mass is 16.5. The number of fused-ring (bicyclic) bond motifs is 2. The average molecular weight is 593 g/mol. The highest BCUT2D eigenvalue weighted by Crippen LogP contribution is 2.40. The number of anilines is 2. The van der Waals surface area contributed by atoms with Crippen LogP contribution in [0.25, 0.3) is 10.8 Å². The second-order valence-corrected chi connectivity index (χ2v) is 12.6. The average Bonchev–Trinajstić information content (AvgIpc) is 3.29. The van der Waals surface area contributed by atoms with Crippen molar-refractivity contribution >= 4 is 28.1 Å². The largest absolute Gasteiger partial charge is 0.475 e. The van der Waals surface area contributed by atoms with Crippen LogP contribution in [0.15, 0.2) is 49.1 Å². The van der Waals surface area contributed by atoms with E-state index < -0.39 is 0 Å². The molecule has 2 saturated heterocycles. The van der Waals surface area contributed by atoms with Crippen LogP contribution in [-0.2, 0) is 17.8 Å². The molecule has 8 heteroatoms. The van der Waals surface area contributed by atoms with Gasteiger partial charge in [-0.2, -0.15) is 5.26 Å². The first-order valence-corrected chi connectivity index (χ1v) is 16.1. The van der Waals surface area contributed by atoms with Gasteiger partial charge in [-0.15, -0.1) is 0 Å². The van der Waals surface area contributed by atoms with Gasteiger partial charge >= 0.3 is 0 Å². The van der Waals surface area contributed by atoms with E-state index in [0.29, 0.717) is 37.2 Å². The molecule has 0 radical (unpaired) electrons. The summed E-state index contributed by atoms with van der Waals surface area (Å²) in [6.45, 7) is 10.3. The third kappa shape index (κ3) is 5.73. The molecule has 0 bridgehead atoms. The third-order valence-corrected chi connectivity index (χ3v) is 9.95. The Morgan fingerprint density at radius 3 is 2.73 bits per heavy atom. The summed E-state index contributed by atoms with van der Waals surface area (Å²) in [6.07, 6.45) is 7.36. The van der Waals surface area contributed by atoms with Gasteiger partial charge in [0, 0.05) is 55.4 Å². The summed E-state index contributed by atoms with van der Waals surface area (Å²) in [5.41, 5.74) is 5.98. The molecular weight excluding hydrogens is 548 g/mol. The highest BCUT2D eigenvalue weighted by Gasteiger charge is 2.33. The Balaban J connectivity index is 1.40. The van der Waals surface area contributed by atoms with Crippen LogP contribution in [0.5, 0.6) is 5.88 Å². The summed E-state index contributed by atoms with van der Waals surface area (Å²) >= 11 is 0. The Morgan fingerprint density at radius 1 is 1.16 bits per heavy atom. The number of nitrogens with zero attached hydrogens (tertiary/aromatic N) is 6. The predicted octanol–water partition coefficient (Wildman–Crippen LogP) is 5.45. The number of likely N-dealkylation sites (N-methyl/N-ethyl adjacent to an activating group) is 2. The molecule has 0 aliphatic carbocycles. The lowest BCUT2D eigenvalue weighted by molar-refractivity contribution is -0.126. The van der Waals surface area contributed by atoms with Crippen molar-refractivity contribution in [1.82, 2.24) is 14.8 Å². The minimum atomic E-state index is -0.0340. The van der Waals surface area contributed by atoms with Crippen LogP contribution in [-0.4, -0.2) is 79.7 Å². The molecule has 0 unspecified atom stereocenters. The zero-order chi connectivity index (χ0) is 30.8. The van der Waals surface area contributed by atoms with Crippen LogP contribution in [0.4, 0.5) is 11.4 Å². The van der Waals surface area contributed by atoms with E-state index in [1.807, 2.05) is 4.90 Å². The number of carbonyl (C=O) groups is 1. The van der Waals surface area contributed by atoms with Gasteiger partial charge < -0.3 is 24.3 Å². The van der Waals surface area contributed by atoms with Gasteiger partial charge in [-0.1, -0.05) is 36.9 Å². The SMILES string of the molecule is C=CC(=O)N1CCCC[C@H](N(C)c2c(C#N)c(OC[C@@H]3CCCN3C)nc3c2CCN(c2cccc4cccc(C)c24)C3)C1. The van der Waals surface area contributed by atoms with Gasteiger partial charge in [-0.05, 0) is 82.1 Å². The fourth-order valence-corrected chi connectivity index (χ4v) is 7.42. The van der Waals surface area contributed by atoms with Crippen LogP contribution < -0.4 is 14.5 Å². The Kier molecular flexibility index (Phi) is 8.76. The molecular formula is C36H44N6O2. The maximum atomic E-state index is 12.7. The number of aryl methyl sites for hydroxylation is 1. The maximum Gasteiger partial charge on any atom is 0.246 e. The number of hydrogen-bond donors (Lipinski definition) is 0. The number of ether oxygens (including phenoxy) is 1. The van der Waals surface area contributed by atoms with Gasteiger partial charge in [-0.25, -0.2) is 4.98 Å². The maximum absolute atomic E-state index is 12.7. The summed E-state index contributed by atoms with van der Waals surface area (Å²) in [6, 6.07) is 15.9. The molecule has 1 amide bonds. The number of nitriles is 1. The summed E-state index contributed by atoms with van der Waals surface area (Å²) in [7, 11) is 4.22. The van der Waals surface area contributed by atoms with Crippen molar-refractivity contribution in [2.45, 2.75) is 64.1 Å². The first kappa shape index (κ1) is 30.0. The Labute approximate surface area is 261 Å². The van der Waals surface area contributed by atoms with Gasteiger partial charge in [0.05, 0.1) is 17.9 Å². The van der Waals surface area contributed by atoms with Crippen molar-refractivity contribution in [2.75, 3.05) is 56.7 Å². The lowest BCUT2D eigenvalue weighted by atomic mass is 9.96. The molecule has 44 heavy (non-hydrogen) atoms. The lowest BCUT2D eigenvalue weighted by Crippen LogP contribution is -2.44. The van der Waals surface area contributed by atoms with Crippen molar-refractivity contribution in [2.24, 2.45) is 0 Å². The number of carbonyl (C=O) groups excluding carboxylic acids is 1. The molecule has 0 saturated carbocycles.